The maximum absolute atomic E-state index is 14.0. The number of nitrogens with zero attached hydrogens (tertiary/aromatic N) is 1. The molecule has 2 aromatic carbocycles. The molecule has 2 aliphatic rings. The molecule has 2 aliphatic heterocycles. The van der Waals surface area contributed by atoms with Gasteiger partial charge in [0.2, 0.25) is 11.8 Å². The maximum Gasteiger partial charge on any atom is 0.265 e. The Labute approximate surface area is 160 Å². The standard InChI is InChI=1S/C20H18FN3O4/c1-11-19(26)23-15-9-13(6-7-17(15)28-11)22-20(27)12-8-18(25)24(10-12)16-5-3-2-4-14(16)21/h2-7,9,11-12H,8,10H2,1H3,(H,22,27)(H,23,26)/t11-,12-/m0/s1. The number of halogens is 1. The summed E-state index contributed by atoms with van der Waals surface area (Å²) in [5.41, 5.74) is 1.11. The minimum absolute atomic E-state index is 0.00245. The first-order valence-electron chi connectivity index (χ1n) is 8.89. The highest BCUT2D eigenvalue weighted by atomic mass is 19.1. The fourth-order valence-electron chi connectivity index (χ4n) is 3.32. The molecule has 0 aliphatic carbocycles. The highest BCUT2D eigenvalue weighted by Crippen LogP contribution is 2.33. The van der Waals surface area contributed by atoms with Gasteiger partial charge in [-0.3, -0.25) is 14.4 Å². The van der Waals surface area contributed by atoms with Crippen LogP contribution in [0.5, 0.6) is 5.75 Å². The number of anilines is 3. The Bertz CT molecular complexity index is 978. The zero-order valence-corrected chi connectivity index (χ0v) is 15.1. The van der Waals surface area contributed by atoms with Crippen molar-refractivity contribution in [2.24, 2.45) is 5.92 Å². The van der Waals surface area contributed by atoms with E-state index in [0.717, 1.165) is 0 Å². The molecule has 0 bridgehead atoms. The number of ether oxygens (including phenoxy) is 1. The van der Waals surface area contributed by atoms with E-state index in [1.165, 1.54) is 17.0 Å². The summed E-state index contributed by atoms with van der Waals surface area (Å²) in [5, 5.41) is 5.46. The number of nitrogens with one attached hydrogen (secondary N) is 2. The molecule has 3 amide bonds. The molecule has 0 aromatic heterocycles. The van der Waals surface area contributed by atoms with Gasteiger partial charge in [0.15, 0.2) is 6.10 Å². The Hall–Kier alpha value is -3.42. The van der Waals surface area contributed by atoms with Crippen LogP contribution in [-0.2, 0) is 14.4 Å². The van der Waals surface area contributed by atoms with E-state index in [2.05, 4.69) is 10.6 Å². The third kappa shape index (κ3) is 3.28. The van der Waals surface area contributed by atoms with Crippen molar-refractivity contribution in [2.45, 2.75) is 19.4 Å². The summed E-state index contributed by atoms with van der Waals surface area (Å²) in [7, 11) is 0. The molecule has 0 radical (unpaired) electrons. The lowest BCUT2D eigenvalue weighted by atomic mass is 10.1. The van der Waals surface area contributed by atoms with Gasteiger partial charge in [-0.25, -0.2) is 4.39 Å². The number of benzene rings is 2. The van der Waals surface area contributed by atoms with Crippen molar-refractivity contribution in [1.29, 1.82) is 0 Å². The minimum Gasteiger partial charge on any atom is -0.479 e. The molecule has 1 saturated heterocycles. The fourth-order valence-corrected chi connectivity index (χ4v) is 3.32. The average molecular weight is 383 g/mol. The van der Waals surface area contributed by atoms with Gasteiger partial charge in [-0.1, -0.05) is 12.1 Å². The number of hydrogen-bond acceptors (Lipinski definition) is 4. The number of carbonyl (C=O) groups is 3. The Morgan fingerprint density at radius 2 is 2.04 bits per heavy atom. The van der Waals surface area contributed by atoms with E-state index in [1.54, 1.807) is 37.3 Å². The number of para-hydroxylation sites is 1. The van der Waals surface area contributed by atoms with E-state index < -0.39 is 17.8 Å². The predicted octanol–water partition coefficient (Wildman–Crippen LogP) is 2.54. The molecule has 7 nitrogen and oxygen atoms in total. The van der Waals surface area contributed by atoms with Gasteiger partial charge in [0.05, 0.1) is 17.3 Å². The zero-order chi connectivity index (χ0) is 19.8. The summed E-state index contributed by atoms with van der Waals surface area (Å²) < 4.78 is 19.4. The number of fused-ring (bicyclic) bond motifs is 1. The molecule has 2 atom stereocenters. The number of amides is 3. The summed E-state index contributed by atoms with van der Waals surface area (Å²) >= 11 is 0. The van der Waals surface area contributed by atoms with Crippen LogP contribution < -0.4 is 20.3 Å². The summed E-state index contributed by atoms with van der Waals surface area (Å²) in [5.74, 6) is -1.50. The Morgan fingerprint density at radius 3 is 2.82 bits per heavy atom. The molecule has 2 heterocycles. The van der Waals surface area contributed by atoms with E-state index in [1.807, 2.05) is 0 Å². The topological polar surface area (TPSA) is 87.7 Å². The predicted molar refractivity (Wildman–Crippen MR) is 101 cm³/mol. The molecule has 2 N–H and O–H groups in total. The summed E-state index contributed by atoms with van der Waals surface area (Å²) in [6, 6.07) is 10.9. The van der Waals surface area contributed by atoms with Crippen LogP contribution in [0.1, 0.15) is 13.3 Å². The molecule has 2 aromatic rings. The summed E-state index contributed by atoms with van der Waals surface area (Å²) in [6.07, 6.45) is -0.579. The Kier molecular flexibility index (Phi) is 4.46. The number of rotatable bonds is 3. The molecule has 0 unspecified atom stereocenters. The van der Waals surface area contributed by atoms with Gasteiger partial charge in [0.25, 0.3) is 5.91 Å². The second-order valence-electron chi connectivity index (χ2n) is 6.81. The van der Waals surface area contributed by atoms with Crippen LogP contribution in [0.3, 0.4) is 0 Å². The van der Waals surface area contributed by atoms with Crippen LogP contribution in [0, 0.1) is 11.7 Å². The summed E-state index contributed by atoms with van der Waals surface area (Å²) in [4.78, 5) is 37.9. The van der Waals surface area contributed by atoms with Crippen molar-refractivity contribution in [1.82, 2.24) is 0 Å². The number of hydrogen-bond donors (Lipinski definition) is 2. The van der Waals surface area contributed by atoms with Crippen molar-refractivity contribution < 1.29 is 23.5 Å². The van der Waals surface area contributed by atoms with Crippen LogP contribution in [-0.4, -0.2) is 30.4 Å². The molecular weight excluding hydrogens is 365 g/mol. The highest BCUT2D eigenvalue weighted by molar-refractivity contribution is 6.04. The zero-order valence-electron chi connectivity index (χ0n) is 15.1. The maximum atomic E-state index is 14.0. The first kappa shape index (κ1) is 18.0. The average Bonchev–Trinajstić information content (AvgIpc) is 3.05. The van der Waals surface area contributed by atoms with Gasteiger partial charge in [-0.05, 0) is 37.3 Å². The van der Waals surface area contributed by atoms with Crippen LogP contribution in [0.4, 0.5) is 21.5 Å². The van der Waals surface area contributed by atoms with Crippen molar-refractivity contribution in [3.05, 3.63) is 48.3 Å². The second-order valence-corrected chi connectivity index (χ2v) is 6.81. The van der Waals surface area contributed by atoms with E-state index in [0.29, 0.717) is 17.1 Å². The SMILES string of the molecule is C[C@@H]1Oc2ccc(NC(=O)[C@H]3CC(=O)N(c4ccccc4F)C3)cc2NC1=O. The van der Waals surface area contributed by atoms with E-state index >= 15 is 0 Å². The monoisotopic (exact) mass is 383 g/mol. The molecule has 8 heteroatoms. The molecule has 144 valence electrons. The summed E-state index contributed by atoms with van der Waals surface area (Å²) in [6.45, 7) is 1.75. The Morgan fingerprint density at radius 1 is 1.25 bits per heavy atom. The minimum atomic E-state index is -0.603. The van der Waals surface area contributed by atoms with Crippen LogP contribution in [0.2, 0.25) is 0 Å². The largest absolute Gasteiger partial charge is 0.479 e. The van der Waals surface area contributed by atoms with Crippen molar-refractivity contribution in [3.63, 3.8) is 0 Å². The van der Waals surface area contributed by atoms with Gasteiger partial charge in [-0.2, -0.15) is 0 Å². The van der Waals surface area contributed by atoms with Crippen LogP contribution >= 0.6 is 0 Å². The molecular formula is C20H18FN3O4. The quantitative estimate of drug-likeness (QED) is 0.853. The Balaban J connectivity index is 1.46. The van der Waals surface area contributed by atoms with Gasteiger partial charge < -0.3 is 20.3 Å². The lowest BCUT2D eigenvalue weighted by molar-refractivity contribution is -0.122. The first-order valence-corrected chi connectivity index (χ1v) is 8.89. The normalized spacial score (nSPS) is 21.0. The number of carbonyl (C=O) groups excluding carboxylic acids is 3. The lowest BCUT2D eigenvalue weighted by Crippen LogP contribution is -2.34. The van der Waals surface area contributed by atoms with E-state index in [9.17, 15) is 18.8 Å². The van der Waals surface area contributed by atoms with Crippen LogP contribution in [0.15, 0.2) is 42.5 Å². The fraction of sp³-hybridized carbons (Fsp3) is 0.250. The molecule has 4 rings (SSSR count). The second kappa shape index (κ2) is 6.95. The van der Waals surface area contributed by atoms with E-state index in [-0.39, 0.29) is 36.4 Å². The van der Waals surface area contributed by atoms with Gasteiger partial charge >= 0.3 is 0 Å². The lowest BCUT2D eigenvalue weighted by Gasteiger charge is -2.24. The van der Waals surface area contributed by atoms with Gasteiger partial charge in [0, 0.05) is 18.7 Å². The third-order valence-electron chi connectivity index (χ3n) is 4.82. The van der Waals surface area contributed by atoms with Gasteiger partial charge in [0.1, 0.15) is 11.6 Å². The van der Waals surface area contributed by atoms with E-state index in [4.69, 9.17) is 4.74 Å². The molecule has 0 saturated carbocycles. The molecule has 1 fully saturated rings. The van der Waals surface area contributed by atoms with Crippen molar-refractivity contribution in [2.75, 3.05) is 22.1 Å². The first-order chi connectivity index (χ1) is 13.4. The molecule has 0 spiro atoms. The molecule has 28 heavy (non-hydrogen) atoms. The van der Waals surface area contributed by atoms with Crippen molar-refractivity contribution in [3.8, 4) is 5.75 Å². The smallest absolute Gasteiger partial charge is 0.265 e. The van der Waals surface area contributed by atoms with Crippen molar-refractivity contribution >= 4 is 34.8 Å². The third-order valence-corrected chi connectivity index (χ3v) is 4.82. The highest BCUT2D eigenvalue weighted by Gasteiger charge is 2.36. The van der Waals surface area contributed by atoms with Gasteiger partial charge in [-0.15, -0.1) is 0 Å². The van der Waals surface area contributed by atoms with Crippen LogP contribution in [0.25, 0.3) is 0 Å².